The Hall–Kier alpha value is -1.14. The minimum atomic E-state index is -4.35. The van der Waals surface area contributed by atoms with E-state index >= 15 is 0 Å². The Balaban J connectivity index is 1.65. The third kappa shape index (κ3) is 2.47. The molecule has 3 nitrogen and oxygen atoms in total. The predicted octanol–water partition coefficient (Wildman–Crippen LogP) is 1.99. The summed E-state index contributed by atoms with van der Waals surface area (Å²) in [5, 5.41) is 0. The van der Waals surface area contributed by atoms with Gasteiger partial charge in [0.25, 0.3) is 0 Å². The lowest BCUT2D eigenvalue weighted by Crippen LogP contribution is -2.67. The second-order valence-corrected chi connectivity index (χ2v) is 5.49. The molecule has 19 heavy (non-hydrogen) atoms. The van der Waals surface area contributed by atoms with Crippen LogP contribution in [0.5, 0.6) is 0 Å². The fourth-order valence-electron chi connectivity index (χ4n) is 3.05. The van der Waals surface area contributed by atoms with Gasteiger partial charge in [-0.2, -0.15) is 13.2 Å². The van der Waals surface area contributed by atoms with E-state index in [4.69, 9.17) is 0 Å². The third-order valence-corrected chi connectivity index (χ3v) is 4.01. The van der Waals surface area contributed by atoms with Crippen LogP contribution < -0.4 is 0 Å². The van der Waals surface area contributed by atoms with Crippen LogP contribution in [0.15, 0.2) is 18.3 Å². The van der Waals surface area contributed by atoms with Crippen molar-refractivity contribution in [1.29, 1.82) is 0 Å². The fourth-order valence-corrected chi connectivity index (χ4v) is 3.05. The molecule has 104 valence electrons. The molecule has 0 aliphatic carbocycles. The number of fused-ring (bicyclic) bond motifs is 2. The van der Waals surface area contributed by atoms with Gasteiger partial charge < -0.3 is 4.90 Å². The molecule has 3 saturated heterocycles. The number of piperazine rings is 1. The molecule has 0 aromatic carbocycles. The molecule has 0 amide bonds. The van der Waals surface area contributed by atoms with Crippen LogP contribution in [0, 0.1) is 0 Å². The van der Waals surface area contributed by atoms with Gasteiger partial charge in [0.1, 0.15) is 5.69 Å². The highest BCUT2D eigenvalue weighted by Gasteiger charge is 2.43. The van der Waals surface area contributed by atoms with Gasteiger partial charge in [0.15, 0.2) is 0 Å². The molecule has 2 unspecified atom stereocenters. The summed E-state index contributed by atoms with van der Waals surface area (Å²) in [6, 6.07) is 3.70. The molecule has 2 atom stereocenters. The van der Waals surface area contributed by atoms with E-state index in [1.807, 2.05) is 0 Å². The summed E-state index contributed by atoms with van der Waals surface area (Å²) in [4.78, 5) is 8.18. The summed E-state index contributed by atoms with van der Waals surface area (Å²) in [7, 11) is 2.11. The molecule has 1 aromatic rings. The van der Waals surface area contributed by atoms with E-state index in [2.05, 4.69) is 21.8 Å². The molecular weight excluding hydrogens is 255 g/mol. The maximum absolute atomic E-state index is 12.4. The Morgan fingerprint density at radius 3 is 2.47 bits per heavy atom. The lowest BCUT2D eigenvalue weighted by molar-refractivity contribution is -0.141. The topological polar surface area (TPSA) is 19.4 Å². The molecule has 6 heteroatoms. The molecule has 0 N–H and O–H groups in total. The Bertz CT molecular complexity index is 445. The molecule has 3 aliphatic rings. The predicted molar refractivity (Wildman–Crippen MR) is 64.5 cm³/mol. The van der Waals surface area contributed by atoms with Crippen LogP contribution in [-0.4, -0.2) is 47.0 Å². The summed E-state index contributed by atoms with van der Waals surface area (Å²) in [5.41, 5.74) is 0.0343. The zero-order valence-corrected chi connectivity index (χ0v) is 10.7. The van der Waals surface area contributed by atoms with E-state index in [9.17, 15) is 13.2 Å². The van der Waals surface area contributed by atoms with Gasteiger partial charge in [0.05, 0.1) is 0 Å². The summed E-state index contributed by atoms with van der Waals surface area (Å²) in [6.07, 6.45) is -1.80. The van der Waals surface area contributed by atoms with Gasteiger partial charge in [-0.15, -0.1) is 0 Å². The number of rotatable bonds is 2. The van der Waals surface area contributed by atoms with E-state index in [0.29, 0.717) is 18.6 Å². The van der Waals surface area contributed by atoms with E-state index in [1.54, 1.807) is 0 Å². The highest BCUT2D eigenvalue weighted by molar-refractivity contribution is 5.17. The Kier molecular flexibility index (Phi) is 3.02. The lowest BCUT2D eigenvalue weighted by atomic mass is 9.87. The number of piperidine rings is 1. The summed E-state index contributed by atoms with van der Waals surface area (Å²) < 4.78 is 37.2. The number of aromatic nitrogens is 1. The van der Waals surface area contributed by atoms with Crippen LogP contribution in [0.2, 0.25) is 0 Å². The number of hydrogen-bond acceptors (Lipinski definition) is 3. The Morgan fingerprint density at radius 2 is 1.95 bits per heavy atom. The first-order valence-electron chi connectivity index (χ1n) is 6.40. The van der Waals surface area contributed by atoms with Crippen LogP contribution >= 0.6 is 0 Å². The number of hydrogen-bond donors (Lipinski definition) is 0. The van der Waals surface area contributed by atoms with Crippen molar-refractivity contribution in [3.05, 3.63) is 29.6 Å². The SMILES string of the molecule is CN1CC2CC(C1)N2Cc1ccc(C(F)(F)F)nc1. The minimum absolute atomic E-state index is 0.547. The fraction of sp³-hybridized carbons (Fsp3) is 0.615. The van der Waals surface area contributed by atoms with Crippen LogP contribution in [0.3, 0.4) is 0 Å². The van der Waals surface area contributed by atoms with Crippen LogP contribution in [-0.2, 0) is 12.7 Å². The molecule has 0 radical (unpaired) electrons. The van der Waals surface area contributed by atoms with Gasteiger partial charge >= 0.3 is 6.18 Å². The Morgan fingerprint density at radius 1 is 1.26 bits per heavy atom. The van der Waals surface area contributed by atoms with Crippen molar-refractivity contribution < 1.29 is 13.2 Å². The average Bonchev–Trinajstić information content (AvgIpc) is 2.35. The molecule has 0 spiro atoms. The van der Waals surface area contributed by atoms with E-state index in [1.165, 1.54) is 18.7 Å². The summed E-state index contributed by atoms with van der Waals surface area (Å²) in [6.45, 7) is 2.80. The van der Waals surface area contributed by atoms with Crippen molar-refractivity contribution in [2.45, 2.75) is 31.2 Å². The highest BCUT2D eigenvalue weighted by Crippen LogP contribution is 2.33. The minimum Gasteiger partial charge on any atom is -0.303 e. The second kappa shape index (κ2) is 4.45. The normalized spacial score (nSPS) is 28.2. The van der Waals surface area contributed by atoms with Gasteiger partial charge in [0, 0.05) is 37.9 Å². The first-order chi connectivity index (χ1) is 8.93. The summed E-state index contributed by atoms with van der Waals surface area (Å²) in [5.74, 6) is 0. The molecule has 1 aromatic heterocycles. The number of nitrogens with zero attached hydrogens (tertiary/aromatic N) is 3. The molecule has 3 fully saturated rings. The second-order valence-electron chi connectivity index (χ2n) is 5.49. The van der Waals surface area contributed by atoms with Crippen molar-refractivity contribution in [2.24, 2.45) is 0 Å². The zero-order valence-electron chi connectivity index (χ0n) is 10.7. The monoisotopic (exact) mass is 271 g/mol. The molecule has 3 aliphatic heterocycles. The molecular formula is C13H16F3N3. The van der Waals surface area contributed by atoms with Crippen LogP contribution in [0.25, 0.3) is 0 Å². The average molecular weight is 271 g/mol. The largest absolute Gasteiger partial charge is 0.433 e. The maximum Gasteiger partial charge on any atom is 0.433 e. The van der Waals surface area contributed by atoms with Gasteiger partial charge in [-0.1, -0.05) is 6.07 Å². The highest BCUT2D eigenvalue weighted by atomic mass is 19.4. The zero-order chi connectivity index (χ0) is 13.6. The first-order valence-corrected chi connectivity index (χ1v) is 6.40. The van der Waals surface area contributed by atoms with Crippen molar-refractivity contribution in [1.82, 2.24) is 14.8 Å². The molecule has 0 saturated carbocycles. The van der Waals surface area contributed by atoms with Crippen LogP contribution in [0.1, 0.15) is 17.7 Å². The molecule has 2 bridgehead atoms. The smallest absolute Gasteiger partial charge is 0.303 e. The van der Waals surface area contributed by atoms with E-state index < -0.39 is 11.9 Å². The third-order valence-electron chi connectivity index (χ3n) is 4.01. The van der Waals surface area contributed by atoms with Crippen molar-refractivity contribution in [2.75, 3.05) is 20.1 Å². The number of alkyl halides is 3. The van der Waals surface area contributed by atoms with Gasteiger partial charge in [-0.05, 0) is 25.1 Å². The standard InChI is InChI=1S/C13H16F3N3/c1-18-7-10-4-11(8-18)19(10)6-9-2-3-12(17-5-9)13(14,15)16/h2-3,5,10-11H,4,6-8H2,1H3. The van der Waals surface area contributed by atoms with Gasteiger partial charge in [-0.3, -0.25) is 9.88 Å². The quantitative estimate of drug-likeness (QED) is 0.820. The summed E-state index contributed by atoms with van der Waals surface area (Å²) >= 11 is 0. The Labute approximate surface area is 110 Å². The van der Waals surface area contributed by atoms with Crippen molar-refractivity contribution in [3.8, 4) is 0 Å². The van der Waals surface area contributed by atoms with E-state index in [-0.39, 0.29) is 0 Å². The van der Waals surface area contributed by atoms with Gasteiger partial charge in [0.2, 0.25) is 0 Å². The van der Waals surface area contributed by atoms with Gasteiger partial charge in [-0.25, -0.2) is 0 Å². The lowest BCUT2D eigenvalue weighted by Gasteiger charge is -2.55. The number of halogens is 3. The van der Waals surface area contributed by atoms with E-state index in [0.717, 1.165) is 24.7 Å². The maximum atomic E-state index is 12.4. The van der Waals surface area contributed by atoms with Crippen molar-refractivity contribution >= 4 is 0 Å². The number of pyridine rings is 1. The first kappa shape index (κ1) is 12.9. The van der Waals surface area contributed by atoms with Crippen LogP contribution in [0.4, 0.5) is 13.2 Å². The molecule has 4 rings (SSSR count). The molecule has 4 heterocycles. The number of likely N-dealkylation sites (N-methyl/N-ethyl adjacent to an activating group) is 1. The van der Waals surface area contributed by atoms with Crippen molar-refractivity contribution in [3.63, 3.8) is 0 Å².